The van der Waals surface area contributed by atoms with E-state index in [1.807, 2.05) is 53.8 Å². The Kier molecular flexibility index (Phi) is 5.61. The lowest BCUT2D eigenvalue weighted by molar-refractivity contribution is -0.132. The smallest absolute Gasteiger partial charge is 0.224 e. The quantitative estimate of drug-likeness (QED) is 0.764. The average molecular weight is 357 g/mol. The number of methoxy groups -OCH3 is 1. The van der Waals surface area contributed by atoms with E-state index in [2.05, 4.69) is 4.98 Å². The predicted octanol–water partition coefficient (Wildman–Crippen LogP) is 2.59. The van der Waals surface area contributed by atoms with Crippen molar-refractivity contribution in [3.05, 3.63) is 48.0 Å². The molecule has 3 rings (SSSR count). The van der Waals surface area contributed by atoms with E-state index in [4.69, 9.17) is 9.47 Å². The van der Waals surface area contributed by atoms with Crippen LogP contribution in [0.25, 0.3) is 0 Å². The molecule has 1 fully saturated rings. The van der Waals surface area contributed by atoms with Gasteiger partial charge in [0.15, 0.2) is 0 Å². The normalized spacial score (nSPS) is 19.7. The van der Waals surface area contributed by atoms with Crippen LogP contribution in [0.3, 0.4) is 0 Å². The summed E-state index contributed by atoms with van der Waals surface area (Å²) in [7, 11) is 1.70. The highest BCUT2D eigenvalue weighted by molar-refractivity contribution is 5.76. The number of imidazole rings is 1. The Morgan fingerprint density at radius 2 is 2.12 bits per heavy atom. The van der Waals surface area contributed by atoms with Gasteiger partial charge in [-0.15, -0.1) is 0 Å². The summed E-state index contributed by atoms with van der Waals surface area (Å²) >= 11 is 0. The lowest BCUT2D eigenvalue weighted by atomic mass is 10.0. The molecule has 1 amide bonds. The minimum Gasteiger partial charge on any atom is -0.490 e. The van der Waals surface area contributed by atoms with E-state index in [9.17, 15) is 4.79 Å². The number of ether oxygens (including phenoxy) is 2. The second-order valence-electron chi connectivity index (χ2n) is 6.92. The monoisotopic (exact) mass is 357 g/mol. The number of carbonyl (C=O) groups excluding carboxylic acids is 1. The second-order valence-corrected chi connectivity index (χ2v) is 6.92. The van der Waals surface area contributed by atoms with Gasteiger partial charge in [-0.2, -0.15) is 0 Å². The van der Waals surface area contributed by atoms with Gasteiger partial charge in [0.2, 0.25) is 5.91 Å². The highest BCUT2D eigenvalue weighted by Crippen LogP contribution is 2.27. The molecule has 0 unspecified atom stereocenters. The fraction of sp³-hybridized carbons (Fsp3) is 0.500. The number of likely N-dealkylation sites (tertiary alicyclic amines) is 1. The van der Waals surface area contributed by atoms with E-state index in [0.717, 1.165) is 23.6 Å². The van der Waals surface area contributed by atoms with Crippen molar-refractivity contribution >= 4 is 5.91 Å². The SMILES string of the molecule is CO[C@]1(COc2ccccc2C)CCN(C(=O)CCn2ccnc2C)C1. The maximum atomic E-state index is 12.6. The number of aryl methyl sites for hydroxylation is 3. The Hall–Kier alpha value is -2.34. The molecule has 2 aromatic rings. The van der Waals surface area contributed by atoms with Crippen LogP contribution in [-0.2, 0) is 16.1 Å². The van der Waals surface area contributed by atoms with E-state index in [1.165, 1.54) is 0 Å². The minimum atomic E-state index is -0.442. The number of para-hydroxylation sites is 1. The summed E-state index contributed by atoms with van der Waals surface area (Å²) in [6.07, 6.45) is 4.91. The van der Waals surface area contributed by atoms with Crippen molar-refractivity contribution in [1.82, 2.24) is 14.5 Å². The summed E-state index contributed by atoms with van der Waals surface area (Å²) in [4.78, 5) is 18.7. The standard InChI is InChI=1S/C20H27N3O3/c1-16-6-4-5-7-18(16)26-15-20(25-3)9-12-23(14-20)19(24)8-11-22-13-10-21-17(22)2/h4-7,10,13H,8-9,11-12,14-15H2,1-3H3/t20-/m1/s1. The van der Waals surface area contributed by atoms with Crippen LogP contribution in [-0.4, -0.2) is 52.8 Å². The zero-order chi connectivity index (χ0) is 18.6. The Morgan fingerprint density at radius 1 is 1.31 bits per heavy atom. The van der Waals surface area contributed by atoms with Crippen molar-refractivity contribution in [1.29, 1.82) is 0 Å². The highest BCUT2D eigenvalue weighted by Gasteiger charge is 2.41. The average Bonchev–Trinajstić information content (AvgIpc) is 3.26. The van der Waals surface area contributed by atoms with Crippen molar-refractivity contribution < 1.29 is 14.3 Å². The van der Waals surface area contributed by atoms with Crippen LogP contribution in [0.1, 0.15) is 24.2 Å². The van der Waals surface area contributed by atoms with Gasteiger partial charge in [-0.3, -0.25) is 4.79 Å². The van der Waals surface area contributed by atoms with Gasteiger partial charge >= 0.3 is 0 Å². The number of rotatable bonds is 7. The first-order chi connectivity index (χ1) is 12.5. The van der Waals surface area contributed by atoms with Gasteiger partial charge in [0.1, 0.15) is 23.8 Å². The zero-order valence-electron chi connectivity index (χ0n) is 15.8. The first-order valence-corrected chi connectivity index (χ1v) is 9.02. The fourth-order valence-electron chi connectivity index (χ4n) is 3.34. The van der Waals surface area contributed by atoms with Crippen molar-refractivity contribution in [2.45, 2.75) is 38.8 Å². The van der Waals surface area contributed by atoms with Crippen LogP contribution in [0.2, 0.25) is 0 Å². The molecule has 0 radical (unpaired) electrons. The summed E-state index contributed by atoms with van der Waals surface area (Å²) in [6.45, 7) is 6.33. The van der Waals surface area contributed by atoms with Crippen LogP contribution < -0.4 is 4.74 Å². The Morgan fingerprint density at radius 3 is 2.81 bits per heavy atom. The maximum absolute atomic E-state index is 12.6. The van der Waals surface area contributed by atoms with Gasteiger partial charge in [-0.05, 0) is 31.9 Å². The van der Waals surface area contributed by atoms with Crippen molar-refractivity contribution in [3.8, 4) is 5.75 Å². The number of nitrogens with zero attached hydrogens (tertiary/aromatic N) is 3. The predicted molar refractivity (Wildman–Crippen MR) is 99.2 cm³/mol. The van der Waals surface area contributed by atoms with Gasteiger partial charge in [0, 0.05) is 39.0 Å². The number of aromatic nitrogens is 2. The lowest BCUT2D eigenvalue weighted by Crippen LogP contribution is -2.42. The first-order valence-electron chi connectivity index (χ1n) is 9.02. The molecular formula is C20H27N3O3. The van der Waals surface area contributed by atoms with E-state index in [0.29, 0.717) is 32.7 Å². The molecule has 6 nitrogen and oxygen atoms in total. The Bertz CT molecular complexity index is 758. The molecule has 6 heteroatoms. The summed E-state index contributed by atoms with van der Waals surface area (Å²) in [5.41, 5.74) is 0.656. The molecule has 1 aliphatic heterocycles. The van der Waals surface area contributed by atoms with Crippen molar-refractivity contribution in [2.24, 2.45) is 0 Å². The molecule has 0 spiro atoms. The van der Waals surface area contributed by atoms with Crippen LogP contribution in [0, 0.1) is 13.8 Å². The molecule has 1 atom stereocenters. The zero-order valence-corrected chi connectivity index (χ0v) is 15.8. The van der Waals surface area contributed by atoms with Crippen LogP contribution in [0.5, 0.6) is 5.75 Å². The first kappa shape index (κ1) is 18.5. The molecule has 0 N–H and O–H groups in total. The molecule has 140 valence electrons. The molecule has 0 bridgehead atoms. The molecular weight excluding hydrogens is 330 g/mol. The molecule has 0 aliphatic carbocycles. The summed E-state index contributed by atoms with van der Waals surface area (Å²) in [5, 5.41) is 0. The number of carbonyl (C=O) groups is 1. The van der Waals surface area contributed by atoms with E-state index >= 15 is 0 Å². The molecule has 1 aliphatic rings. The van der Waals surface area contributed by atoms with E-state index < -0.39 is 5.60 Å². The topological polar surface area (TPSA) is 56.6 Å². The number of hydrogen-bond acceptors (Lipinski definition) is 4. The number of benzene rings is 1. The molecule has 0 saturated carbocycles. The van der Waals surface area contributed by atoms with E-state index in [-0.39, 0.29) is 5.91 Å². The number of amides is 1. The number of hydrogen-bond donors (Lipinski definition) is 0. The maximum Gasteiger partial charge on any atom is 0.224 e. The molecule has 26 heavy (non-hydrogen) atoms. The van der Waals surface area contributed by atoms with Gasteiger partial charge < -0.3 is 18.9 Å². The molecule has 2 heterocycles. The third kappa shape index (κ3) is 4.07. The fourth-order valence-corrected chi connectivity index (χ4v) is 3.34. The summed E-state index contributed by atoms with van der Waals surface area (Å²) in [5.74, 6) is 1.94. The van der Waals surface area contributed by atoms with Gasteiger partial charge in [0.25, 0.3) is 0 Å². The summed E-state index contributed by atoms with van der Waals surface area (Å²) in [6, 6.07) is 7.94. The highest BCUT2D eigenvalue weighted by atomic mass is 16.5. The van der Waals surface area contributed by atoms with Crippen LogP contribution in [0.15, 0.2) is 36.7 Å². The van der Waals surface area contributed by atoms with Crippen LogP contribution in [0.4, 0.5) is 0 Å². The molecule has 1 saturated heterocycles. The third-order valence-corrected chi connectivity index (χ3v) is 5.18. The van der Waals surface area contributed by atoms with Gasteiger partial charge in [-0.25, -0.2) is 4.98 Å². The molecule has 1 aromatic carbocycles. The third-order valence-electron chi connectivity index (χ3n) is 5.18. The van der Waals surface area contributed by atoms with Crippen LogP contribution >= 0.6 is 0 Å². The Balaban J connectivity index is 1.55. The van der Waals surface area contributed by atoms with E-state index in [1.54, 1.807) is 13.3 Å². The van der Waals surface area contributed by atoms with Gasteiger partial charge in [-0.1, -0.05) is 18.2 Å². The largest absolute Gasteiger partial charge is 0.490 e. The lowest BCUT2D eigenvalue weighted by Gasteiger charge is -2.28. The van der Waals surface area contributed by atoms with Crippen molar-refractivity contribution in [3.63, 3.8) is 0 Å². The second kappa shape index (κ2) is 7.91. The minimum absolute atomic E-state index is 0.146. The molecule has 1 aromatic heterocycles. The Labute approximate surface area is 154 Å². The van der Waals surface area contributed by atoms with Gasteiger partial charge in [0.05, 0.1) is 6.54 Å². The van der Waals surface area contributed by atoms with Crippen molar-refractivity contribution in [2.75, 3.05) is 26.8 Å². The summed E-state index contributed by atoms with van der Waals surface area (Å²) < 4.78 is 13.8.